The Morgan fingerprint density at radius 3 is 2.42 bits per heavy atom. The van der Waals surface area contributed by atoms with E-state index in [9.17, 15) is 4.39 Å². The first-order valence-corrected chi connectivity index (χ1v) is 6.75. The molecule has 0 amide bonds. The van der Waals surface area contributed by atoms with E-state index in [1.54, 1.807) is 18.2 Å². The van der Waals surface area contributed by atoms with Gasteiger partial charge in [0.2, 0.25) is 0 Å². The van der Waals surface area contributed by atoms with Crippen molar-refractivity contribution in [3.8, 4) is 0 Å². The maximum atomic E-state index is 13.7. The predicted molar refractivity (Wildman–Crippen MR) is 79.9 cm³/mol. The molecule has 0 saturated heterocycles. The molecule has 2 aromatic carbocycles. The molecule has 19 heavy (non-hydrogen) atoms. The van der Waals surface area contributed by atoms with Gasteiger partial charge >= 0.3 is 0 Å². The summed E-state index contributed by atoms with van der Waals surface area (Å²) in [6, 6.07) is 8.26. The summed E-state index contributed by atoms with van der Waals surface area (Å²) in [6.07, 6.45) is 0. The van der Waals surface area contributed by atoms with Crippen molar-refractivity contribution in [1.29, 1.82) is 0 Å². The molecule has 0 fully saturated rings. The zero-order chi connectivity index (χ0) is 14.0. The van der Waals surface area contributed by atoms with Crippen molar-refractivity contribution in [2.24, 2.45) is 0 Å². The number of rotatable bonds is 3. The first kappa shape index (κ1) is 14.4. The molecular formula is C14H11Cl3FN. The quantitative estimate of drug-likeness (QED) is 0.715. The van der Waals surface area contributed by atoms with Gasteiger partial charge in [0.1, 0.15) is 5.82 Å². The van der Waals surface area contributed by atoms with Gasteiger partial charge in [-0.25, -0.2) is 4.39 Å². The largest absolute Gasteiger partial charge is 0.378 e. The zero-order valence-electron chi connectivity index (χ0n) is 10.1. The minimum Gasteiger partial charge on any atom is -0.378 e. The molecule has 1 N–H and O–H groups in total. The van der Waals surface area contributed by atoms with Crippen molar-refractivity contribution in [1.82, 2.24) is 0 Å². The Hall–Kier alpha value is -0.960. The second-order valence-electron chi connectivity index (χ2n) is 4.16. The lowest BCUT2D eigenvalue weighted by Gasteiger charge is -2.11. The molecule has 0 bridgehead atoms. The first-order valence-electron chi connectivity index (χ1n) is 5.61. The van der Waals surface area contributed by atoms with Crippen LogP contribution in [0.25, 0.3) is 0 Å². The second kappa shape index (κ2) is 6.00. The highest BCUT2D eigenvalue weighted by Crippen LogP contribution is 2.32. The molecule has 0 aliphatic heterocycles. The number of benzene rings is 2. The highest BCUT2D eigenvalue weighted by Gasteiger charge is 2.10. The standard InChI is InChI=1S/C14H11Cl3FN/c1-8-2-5-13(12(18)6-8)19-7-9-10(15)3-4-11(16)14(9)17/h2-6,19H,7H2,1H3. The Morgan fingerprint density at radius 1 is 1.05 bits per heavy atom. The van der Waals surface area contributed by atoms with Crippen LogP contribution in [0.15, 0.2) is 30.3 Å². The van der Waals surface area contributed by atoms with Gasteiger partial charge < -0.3 is 5.32 Å². The molecule has 1 nitrogen and oxygen atoms in total. The smallest absolute Gasteiger partial charge is 0.146 e. The SMILES string of the molecule is Cc1ccc(NCc2c(Cl)ccc(Cl)c2Cl)c(F)c1. The molecule has 0 aliphatic carbocycles. The molecule has 2 rings (SSSR count). The van der Waals surface area contributed by atoms with Crippen LogP contribution in [0.5, 0.6) is 0 Å². The molecule has 0 spiro atoms. The van der Waals surface area contributed by atoms with Crippen LogP contribution in [0.4, 0.5) is 10.1 Å². The minimum absolute atomic E-state index is 0.304. The minimum atomic E-state index is -0.311. The average molecular weight is 319 g/mol. The molecule has 0 atom stereocenters. The fraction of sp³-hybridized carbons (Fsp3) is 0.143. The Labute approximate surface area is 126 Å². The van der Waals surface area contributed by atoms with E-state index in [1.165, 1.54) is 6.07 Å². The van der Waals surface area contributed by atoms with Crippen LogP contribution in [-0.2, 0) is 6.54 Å². The van der Waals surface area contributed by atoms with Crippen molar-refractivity contribution >= 4 is 40.5 Å². The van der Waals surface area contributed by atoms with Crippen molar-refractivity contribution < 1.29 is 4.39 Å². The highest BCUT2D eigenvalue weighted by atomic mass is 35.5. The summed E-state index contributed by atoms with van der Waals surface area (Å²) < 4.78 is 13.7. The molecule has 0 aromatic heterocycles. The van der Waals surface area contributed by atoms with Gasteiger partial charge in [0.25, 0.3) is 0 Å². The zero-order valence-corrected chi connectivity index (χ0v) is 12.4. The molecular weight excluding hydrogens is 308 g/mol. The highest BCUT2D eigenvalue weighted by molar-refractivity contribution is 6.44. The Bertz CT molecular complexity index is 614. The maximum absolute atomic E-state index is 13.7. The molecule has 0 heterocycles. The van der Waals surface area contributed by atoms with Crippen LogP contribution in [-0.4, -0.2) is 0 Å². The van der Waals surface area contributed by atoms with Gasteiger partial charge in [-0.2, -0.15) is 0 Å². The third-order valence-electron chi connectivity index (χ3n) is 2.72. The molecule has 100 valence electrons. The van der Waals surface area contributed by atoms with Crippen LogP contribution in [0.1, 0.15) is 11.1 Å². The van der Waals surface area contributed by atoms with Crippen LogP contribution in [0.3, 0.4) is 0 Å². The van der Waals surface area contributed by atoms with Gasteiger partial charge in [-0.3, -0.25) is 0 Å². The van der Waals surface area contributed by atoms with Gasteiger partial charge in [0.05, 0.1) is 15.7 Å². The Morgan fingerprint density at radius 2 is 1.74 bits per heavy atom. The molecule has 5 heteroatoms. The number of anilines is 1. The topological polar surface area (TPSA) is 12.0 Å². The molecule has 0 saturated carbocycles. The van der Waals surface area contributed by atoms with E-state index < -0.39 is 0 Å². The van der Waals surface area contributed by atoms with Crippen molar-refractivity contribution in [3.63, 3.8) is 0 Å². The van der Waals surface area contributed by atoms with Gasteiger partial charge in [-0.05, 0) is 36.8 Å². The van der Waals surface area contributed by atoms with Crippen molar-refractivity contribution in [3.05, 3.63) is 62.3 Å². The third kappa shape index (κ3) is 3.33. The van der Waals surface area contributed by atoms with Crippen molar-refractivity contribution in [2.45, 2.75) is 13.5 Å². The number of halogens is 4. The number of hydrogen-bond acceptors (Lipinski definition) is 1. The first-order chi connectivity index (χ1) is 8.99. The molecule has 2 aromatic rings. The van der Waals surface area contributed by atoms with Crippen LogP contribution < -0.4 is 5.32 Å². The normalized spacial score (nSPS) is 10.6. The molecule has 0 aliphatic rings. The number of nitrogens with one attached hydrogen (secondary N) is 1. The summed E-state index contributed by atoms with van der Waals surface area (Å²) in [7, 11) is 0. The summed E-state index contributed by atoms with van der Waals surface area (Å²) in [5.74, 6) is -0.311. The Kier molecular flexibility index (Phi) is 4.56. The van der Waals surface area contributed by atoms with E-state index >= 15 is 0 Å². The lowest BCUT2D eigenvalue weighted by molar-refractivity contribution is 0.629. The lowest BCUT2D eigenvalue weighted by atomic mass is 10.2. The summed E-state index contributed by atoms with van der Waals surface area (Å²) in [4.78, 5) is 0. The monoisotopic (exact) mass is 317 g/mol. The molecule has 0 unspecified atom stereocenters. The summed E-state index contributed by atoms with van der Waals surface area (Å²) >= 11 is 18.1. The van der Waals surface area contributed by atoms with Gasteiger partial charge in [-0.1, -0.05) is 40.9 Å². The van der Waals surface area contributed by atoms with E-state index in [0.717, 1.165) is 5.56 Å². The van der Waals surface area contributed by atoms with Crippen molar-refractivity contribution in [2.75, 3.05) is 5.32 Å². The summed E-state index contributed by atoms with van der Waals surface area (Å²) in [5, 5.41) is 4.26. The van der Waals surface area contributed by atoms with E-state index in [2.05, 4.69) is 5.32 Å². The maximum Gasteiger partial charge on any atom is 0.146 e. The average Bonchev–Trinajstić information content (AvgIpc) is 2.36. The fourth-order valence-corrected chi connectivity index (χ4v) is 2.36. The van der Waals surface area contributed by atoms with E-state index in [0.29, 0.717) is 32.9 Å². The van der Waals surface area contributed by atoms with E-state index in [4.69, 9.17) is 34.8 Å². The summed E-state index contributed by atoms with van der Waals surface area (Å²) in [5.41, 5.74) is 1.91. The van der Waals surface area contributed by atoms with Crippen LogP contribution >= 0.6 is 34.8 Å². The fourth-order valence-electron chi connectivity index (χ4n) is 1.68. The van der Waals surface area contributed by atoms with Crippen LogP contribution in [0, 0.1) is 12.7 Å². The van der Waals surface area contributed by atoms with Crippen LogP contribution in [0.2, 0.25) is 15.1 Å². The summed E-state index contributed by atoms with van der Waals surface area (Å²) in [6.45, 7) is 2.13. The second-order valence-corrected chi connectivity index (χ2v) is 5.35. The predicted octanol–water partition coefficient (Wildman–Crippen LogP) is 5.71. The van der Waals surface area contributed by atoms with E-state index in [-0.39, 0.29) is 5.82 Å². The van der Waals surface area contributed by atoms with Gasteiger partial charge in [0, 0.05) is 17.1 Å². The molecule has 0 radical (unpaired) electrons. The third-order valence-corrected chi connectivity index (χ3v) is 3.92. The number of aryl methyl sites for hydroxylation is 1. The van der Waals surface area contributed by atoms with E-state index in [1.807, 2.05) is 13.0 Å². The number of hydrogen-bond donors (Lipinski definition) is 1. The Balaban J connectivity index is 2.21. The lowest BCUT2D eigenvalue weighted by Crippen LogP contribution is -2.03. The van der Waals surface area contributed by atoms with Gasteiger partial charge in [0.15, 0.2) is 0 Å². The van der Waals surface area contributed by atoms with Gasteiger partial charge in [-0.15, -0.1) is 0 Å².